The molecule has 1 atom stereocenters. The number of ether oxygens (including phenoxy) is 2. The van der Waals surface area contributed by atoms with Gasteiger partial charge >= 0.3 is 0 Å². The van der Waals surface area contributed by atoms with Crippen molar-refractivity contribution in [2.75, 3.05) is 58.0 Å². The van der Waals surface area contributed by atoms with Gasteiger partial charge in [-0.2, -0.15) is 0 Å². The van der Waals surface area contributed by atoms with Crippen LogP contribution in [0.1, 0.15) is 25.7 Å². The number of guanidine groups is 1. The van der Waals surface area contributed by atoms with Crippen molar-refractivity contribution >= 4 is 22.3 Å². The van der Waals surface area contributed by atoms with E-state index >= 15 is 0 Å². The molecular formula is C19H32N4O2S. The normalized spacial score (nSPS) is 22.0. The molecule has 0 aliphatic carbocycles. The van der Waals surface area contributed by atoms with Crippen molar-refractivity contribution in [2.24, 2.45) is 10.9 Å². The van der Waals surface area contributed by atoms with Crippen LogP contribution in [0.4, 0.5) is 5.00 Å². The van der Waals surface area contributed by atoms with Crippen LogP contribution in [0.2, 0.25) is 0 Å². The van der Waals surface area contributed by atoms with E-state index in [1.807, 2.05) is 18.4 Å². The molecule has 0 bridgehead atoms. The van der Waals surface area contributed by atoms with Crippen molar-refractivity contribution in [3.8, 4) is 0 Å². The monoisotopic (exact) mass is 380 g/mol. The van der Waals surface area contributed by atoms with Gasteiger partial charge in [-0.1, -0.05) is 0 Å². The zero-order chi connectivity index (χ0) is 18.0. The second-order valence-electron chi connectivity index (χ2n) is 7.01. The van der Waals surface area contributed by atoms with Gasteiger partial charge in [0, 0.05) is 51.9 Å². The molecule has 3 heterocycles. The van der Waals surface area contributed by atoms with Gasteiger partial charge < -0.3 is 25.0 Å². The largest absolute Gasteiger partial charge is 0.381 e. The van der Waals surface area contributed by atoms with Gasteiger partial charge in [0.25, 0.3) is 0 Å². The molecule has 2 N–H and O–H groups in total. The average Bonchev–Trinajstić information content (AvgIpc) is 3.38. The Morgan fingerprint density at radius 1 is 1.38 bits per heavy atom. The van der Waals surface area contributed by atoms with Crippen molar-refractivity contribution < 1.29 is 9.47 Å². The number of hydrogen-bond acceptors (Lipinski definition) is 5. The van der Waals surface area contributed by atoms with E-state index in [4.69, 9.17) is 9.47 Å². The quantitative estimate of drug-likeness (QED) is 0.412. The van der Waals surface area contributed by atoms with E-state index in [-0.39, 0.29) is 0 Å². The fourth-order valence-corrected chi connectivity index (χ4v) is 4.21. The van der Waals surface area contributed by atoms with Gasteiger partial charge in [0.05, 0.1) is 18.2 Å². The molecular weight excluding hydrogens is 348 g/mol. The first-order valence-electron chi connectivity index (χ1n) is 9.76. The van der Waals surface area contributed by atoms with Gasteiger partial charge in [-0.05, 0) is 43.2 Å². The second kappa shape index (κ2) is 10.7. The molecule has 1 aromatic heterocycles. The standard InChI is InChI=1S/C19H32N4O2S/c1-20-19(21-8-3-11-24-14-16-7-12-25-15-16)22-17-5-9-23(10-6-17)18-4-2-13-26-18/h2,4,13,16-17H,3,5-12,14-15H2,1H3,(H2,20,21,22). The topological polar surface area (TPSA) is 58.1 Å². The number of nitrogens with zero attached hydrogens (tertiary/aromatic N) is 2. The van der Waals surface area contributed by atoms with Gasteiger partial charge in [-0.15, -0.1) is 11.3 Å². The Bertz CT molecular complexity index is 524. The number of rotatable bonds is 8. The van der Waals surface area contributed by atoms with Crippen LogP contribution in [0.25, 0.3) is 0 Å². The third-order valence-electron chi connectivity index (χ3n) is 5.01. The maximum atomic E-state index is 5.75. The lowest BCUT2D eigenvalue weighted by Crippen LogP contribution is -2.48. The smallest absolute Gasteiger partial charge is 0.191 e. The molecule has 146 valence electrons. The Balaban J connectivity index is 1.25. The summed E-state index contributed by atoms with van der Waals surface area (Å²) in [5, 5.41) is 10.5. The van der Waals surface area contributed by atoms with E-state index < -0.39 is 0 Å². The van der Waals surface area contributed by atoms with Gasteiger partial charge in [0.15, 0.2) is 5.96 Å². The predicted octanol–water partition coefficient (Wildman–Crippen LogP) is 2.33. The molecule has 0 radical (unpaired) electrons. The van der Waals surface area contributed by atoms with E-state index in [9.17, 15) is 0 Å². The van der Waals surface area contributed by atoms with Crippen molar-refractivity contribution in [1.82, 2.24) is 10.6 Å². The SMILES string of the molecule is CN=C(NCCCOCC1CCOC1)NC1CCN(c2cccs2)CC1. The highest BCUT2D eigenvalue weighted by Crippen LogP contribution is 2.24. The first-order valence-corrected chi connectivity index (χ1v) is 10.6. The van der Waals surface area contributed by atoms with E-state index in [1.165, 1.54) is 5.00 Å². The summed E-state index contributed by atoms with van der Waals surface area (Å²) in [5.74, 6) is 1.50. The van der Waals surface area contributed by atoms with E-state index in [0.717, 1.165) is 77.7 Å². The Morgan fingerprint density at radius 3 is 2.96 bits per heavy atom. The summed E-state index contributed by atoms with van der Waals surface area (Å²) in [4.78, 5) is 6.84. The highest BCUT2D eigenvalue weighted by Gasteiger charge is 2.20. The van der Waals surface area contributed by atoms with Crippen molar-refractivity contribution in [1.29, 1.82) is 0 Å². The summed E-state index contributed by atoms with van der Waals surface area (Å²) in [7, 11) is 1.84. The summed E-state index contributed by atoms with van der Waals surface area (Å²) < 4.78 is 11.1. The highest BCUT2D eigenvalue weighted by atomic mass is 32.1. The lowest BCUT2D eigenvalue weighted by molar-refractivity contribution is 0.0888. The lowest BCUT2D eigenvalue weighted by atomic mass is 10.1. The van der Waals surface area contributed by atoms with E-state index in [1.54, 1.807) is 0 Å². The van der Waals surface area contributed by atoms with E-state index in [2.05, 4.69) is 38.0 Å². The van der Waals surface area contributed by atoms with Crippen LogP contribution in [0.5, 0.6) is 0 Å². The Morgan fingerprint density at radius 2 is 2.27 bits per heavy atom. The van der Waals surface area contributed by atoms with Crippen LogP contribution in [0.3, 0.4) is 0 Å². The molecule has 0 spiro atoms. The number of thiophene rings is 1. The fourth-order valence-electron chi connectivity index (χ4n) is 3.43. The maximum Gasteiger partial charge on any atom is 0.191 e. The number of nitrogens with one attached hydrogen (secondary N) is 2. The first-order chi connectivity index (χ1) is 12.8. The van der Waals surface area contributed by atoms with Crippen LogP contribution >= 0.6 is 11.3 Å². The Labute approximate surface area is 161 Å². The molecule has 0 saturated carbocycles. The van der Waals surface area contributed by atoms with Crippen LogP contribution in [0, 0.1) is 5.92 Å². The minimum atomic E-state index is 0.496. The molecule has 1 unspecified atom stereocenters. The molecule has 26 heavy (non-hydrogen) atoms. The molecule has 2 saturated heterocycles. The molecule has 7 heteroatoms. The third kappa shape index (κ3) is 6.14. The zero-order valence-electron chi connectivity index (χ0n) is 15.8. The minimum absolute atomic E-state index is 0.496. The average molecular weight is 381 g/mol. The first kappa shape index (κ1) is 19.5. The molecule has 2 aliphatic heterocycles. The highest BCUT2D eigenvalue weighted by molar-refractivity contribution is 7.14. The van der Waals surface area contributed by atoms with Gasteiger partial charge in [0.2, 0.25) is 0 Å². The Hall–Kier alpha value is -1.31. The lowest BCUT2D eigenvalue weighted by Gasteiger charge is -2.33. The minimum Gasteiger partial charge on any atom is -0.381 e. The fraction of sp³-hybridized carbons (Fsp3) is 0.737. The summed E-state index contributed by atoms with van der Waals surface area (Å²) in [5.41, 5.74) is 0. The molecule has 0 aromatic carbocycles. The summed E-state index contributed by atoms with van der Waals surface area (Å²) in [6, 6.07) is 4.83. The van der Waals surface area contributed by atoms with Crippen molar-refractivity contribution in [2.45, 2.75) is 31.7 Å². The van der Waals surface area contributed by atoms with Crippen LogP contribution in [-0.4, -0.2) is 65.1 Å². The summed E-state index contributed by atoms with van der Waals surface area (Å²) in [6.45, 7) is 6.47. The molecule has 1 aromatic rings. The molecule has 2 fully saturated rings. The van der Waals surface area contributed by atoms with Gasteiger partial charge in [0.1, 0.15) is 0 Å². The predicted molar refractivity (Wildman–Crippen MR) is 108 cm³/mol. The number of aliphatic imine (C=N–C) groups is 1. The second-order valence-corrected chi connectivity index (χ2v) is 7.94. The number of piperidine rings is 1. The molecule has 6 nitrogen and oxygen atoms in total. The van der Waals surface area contributed by atoms with E-state index in [0.29, 0.717) is 12.0 Å². The van der Waals surface area contributed by atoms with Crippen LogP contribution in [0.15, 0.2) is 22.5 Å². The van der Waals surface area contributed by atoms with Crippen LogP contribution in [-0.2, 0) is 9.47 Å². The van der Waals surface area contributed by atoms with Crippen molar-refractivity contribution in [3.63, 3.8) is 0 Å². The Kier molecular flexibility index (Phi) is 8.04. The summed E-state index contributed by atoms with van der Waals surface area (Å²) in [6.07, 6.45) is 4.42. The molecule has 2 aliphatic rings. The maximum absolute atomic E-state index is 5.75. The number of hydrogen-bond donors (Lipinski definition) is 2. The van der Waals surface area contributed by atoms with Crippen molar-refractivity contribution in [3.05, 3.63) is 17.5 Å². The zero-order valence-corrected chi connectivity index (χ0v) is 16.6. The number of anilines is 1. The molecule has 0 amide bonds. The van der Waals surface area contributed by atoms with Gasteiger partial charge in [-0.25, -0.2) is 0 Å². The molecule has 3 rings (SSSR count). The van der Waals surface area contributed by atoms with Crippen LogP contribution < -0.4 is 15.5 Å². The third-order valence-corrected chi connectivity index (χ3v) is 5.94. The summed E-state index contributed by atoms with van der Waals surface area (Å²) >= 11 is 1.83. The van der Waals surface area contributed by atoms with Gasteiger partial charge in [-0.3, -0.25) is 4.99 Å².